The van der Waals surface area contributed by atoms with E-state index in [1.165, 1.54) is 11.8 Å². The van der Waals surface area contributed by atoms with E-state index in [1.54, 1.807) is 0 Å². The van der Waals surface area contributed by atoms with Gasteiger partial charge in [-0.25, -0.2) is 0 Å². The molecule has 0 spiro atoms. The fourth-order valence-electron chi connectivity index (χ4n) is 4.25. The van der Waals surface area contributed by atoms with Gasteiger partial charge in [0.1, 0.15) is 0 Å². The minimum absolute atomic E-state index is 0.0234. The SMILES string of the molecule is CC(C)(CNC(=O)CSc1nnc(-c2c[nH]c3ccccc23)n1C1CC1)N1CCOCC1. The molecule has 0 atom stereocenters. The van der Waals surface area contributed by atoms with Crippen LogP contribution in [-0.4, -0.2) is 74.7 Å². The molecule has 0 unspecified atom stereocenters. The number of aromatic amines is 1. The van der Waals surface area contributed by atoms with Crippen LogP contribution in [-0.2, 0) is 9.53 Å². The summed E-state index contributed by atoms with van der Waals surface area (Å²) in [6.45, 7) is 8.26. The number of aromatic nitrogens is 4. The Kier molecular flexibility index (Phi) is 5.96. The topological polar surface area (TPSA) is 88.1 Å². The van der Waals surface area contributed by atoms with Crippen molar-refractivity contribution in [3.8, 4) is 11.4 Å². The summed E-state index contributed by atoms with van der Waals surface area (Å²) in [5.74, 6) is 1.23. The van der Waals surface area contributed by atoms with E-state index in [-0.39, 0.29) is 11.4 Å². The van der Waals surface area contributed by atoms with Crippen molar-refractivity contribution in [1.82, 2.24) is 30.0 Å². The van der Waals surface area contributed by atoms with E-state index >= 15 is 0 Å². The molecule has 2 aliphatic rings. The van der Waals surface area contributed by atoms with E-state index < -0.39 is 0 Å². The molecule has 170 valence electrons. The molecule has 1 saturated heterocycles. The molecule has 5 rings (SSSR count). The molecule has 3 aromatic rings. The summed E-state index contributed by atoms with van der Waals surface area (Å²) in [5, 5.41) is 14.0. The van der Waals surface area contributed by atoms with Crippen LogP contribution < -0.4 is 5.32 Å². The fourth-order valence-corrected chi connectivity index (χ4v) is 5.09. The van der Waals surface area contributed by atoms with Gasteiger partial charge in [0.2, 0.25) is 5.91 Å². The lowest BCUT2D eigenvalue weighted by Crippen LogP contribution is -2.55. The van der Waals surface area contributed by atoms with Crippen LogP contribution in [0.5, 0.6) is 0 Å². The summed E-state index contributed by atoms with van der Waals surface area (Å²) in [6, 6.07) is 8.64. The number of rotatable bonds is 8. The van der Waals surface area contributed by atoms with E-state index in [4.69, 9.17) is 4.74 Å². The molecule has 3 heterocycles. The number of carbonyl (C=O) groups excluding carboxylic acids is 1. The first-order valence-corrected chi connectivity index (χ1v) is 12.3. The molecule has 0 bridgehead atoms. The molecule has 32 heavy (non-hydrogen) atoms. The normalized spacial score (nSPS) is 17.7. The van der Waals surface area contributed by atoms with E-state index in [9.17, 15) is 4.79 Å². The molecule has 1 amide bonds. The highest BCUT2D eigenvalue weighted by atomic mass is 32.2. The molecule has 2 aromatic heterocycles. The number of thioether (sulfide) groups is 1. The van der Waals surface area contributed by atoms with Crippen molar-refractivity contribution in [1.29, 1.82) is 0 Å². The van der Waals surface area contributed by atoms with Crippen molar-refractivity contribution in [2.24, 2.45) is 0 Å². The summed E-state index contributed by atoms with van der Waals surface area (Å²) in [6.07, 6.45) is 4.25. The highest BCUT2D eigenvalue weighted by Gasteiger charge is 2.32. The second-order valence-electron chi connectivity index (χ2n) is 9.13. The molecule has 8 nitrogen and oxygen atoms in total. The van der Waals surface area contributed by atoms with Gasteiger partial charge in [-0.3, -0.25) is 14.3 Å². The monoisotopic (exact) mass is 454 g/mol. The molecule has 9 heteroatoms. The van der Waals surface area contributed by atoms with Crippen molar-refractivity contribution >= 4 is 28.6 Å². The average molecular weight is 455 g/mol. The number of nitrogens with one attached hydrogen (secondary N) is 2. The molecule has 1 saturated carbocycles. The zero-order valence-corrected chi connectivity index (χ0v) is 19.5. The van der Waals surface area contributed by atoms with Gasteiger partial charge < -0.3 is 15.0 Å². The van der Waals surface area contributed by atoms with Crippen LogP contribution >= 0.6 is 11.8 Å². The van der Waals surface area contributed by atoms with Gasteiger partial charge in [0, 0.05) is 53.9 Å². The zero-order chi connectivity index (χ0) is 22.1. The predicted octanol–water partition coefficient (Wildman–Crippen LogP) is 3.08. The van der Waals surface area contributed by atoms with Crippen LogP contribution in [0.1, 0.15) is 32.7 Å². The van der Waals surface area contributed by atoms with Crippen molar-refractivity contribution in [2.45, 2.75) is 43.4 Å². The van der Waals surface area contributed by atoms with Gasteiger partial charge in [-0.15, -0.1) is 10.2 Å². The Labute approximate surface area is 192 Å². The van der Waals surface area contributed by atoms with Gasteiger partial charge in [-0.05, 0) is 32.8 Å². The second-order valence-corrected chi connectivity index (χ2v) is 10.1. The standard InChI is InChI=1S/C23H30N6O2S/c1-23(2,28-9-11-31-12-10-28)15-25-20(30)14-32-22-27-26-21(29(22)16-7-8-16)18-13-24-19-6-4-3-5-17(18)19/h3-6,13,16,24H,7-12,14-15H2,1-2H3,(H,25,30). The Morgan fingerprint density at radius 2 is 2.03 bits per heavy atom. The van der Waals surface area contributed by atoms with Crippen molar-refractivity contribution in [3.63, 3.8) is 0 Å². The maximum Gasteiger partial charge on any atom is 0.230 e. The van der Waals surface area contributed by atoms with Crippen molar-refractivity contribution in [3.05, 3.63) is 30.5 Å². The summed E-state index contributed by atoms with van der Waals surface area (Å²) in [4.78, 5) is 18.3. The smallest absolute Gasteiger partial charge is 0.230 e. The van der Waals surface area contributed by atoms with Gasteiger partial charge in [-0.2, -0.15) is 0 Å². The van der Waals surface area contributed by atoms with E-state index in [0.717, 1.165) is 66.6 Å². The lowest BCUT2D eigenvalue weighted by Gasteiger charge is -2.40. The highest BCUT2D eigenvalue weighted by Crippen LogP contribution is 2.42. The molecular formula is C23H30N6O2S. The Hall–Kier alpha value is -2.36. The van der Waals surface area contributed by atoms with Crippen molar-refractivity contribution < 1.29 is 9.53 Å². The van der Waals surface area contributed by atoms with Gasteiger partial charge in [0.05, 0.1) is 19.0 Å². The minimum Gasteiger partial charge on any atom is -0.379 e. The van der Waals surface area contributed by atoms with E-state index in [1.807, 2.05) is 18.3 Å². The van der Waals surface area contributed by atoms with Crippen LogP contribution in [0, 0.1) is 0 Å². The van der Waals surface area contributed by atoms with Crippen LogP contribution in [0.25, 0.3) is 22.3 Å². The number of carbonyl (C=O) groups is 1. The molecular weight excluding hydrogens is 424 g/mol. The first-order chi connectivity index (χ1) is 15.5. The maximum atomic E-state index is 12.6. The minimum atomic E-state index is -0.0966. The van der Waals surface area contributed by atoms with Gasteiger partial charge in [-0.1, -0.05) is 30.0 Å². The third-order valence-electron chi connectivity index (χ3n) is 6.32. The second kappa shape index (κ2) is 8.88. The highest BCUT2D eigenvalue weighted by molar-refractivity contribution is 7.99. The largest absolute Gasteiger partial charge is 0.379 e. The lowest BCUT2D eigenvalue weighted by molar-refractivity contribution is -0.119. The Bertz CT molecular complexity index is 1100. The summed E-state index contributed by atoms with van der Waals surface area (Å²) >= 11 is 1.47. The summed E-state index contributed by atoms with van der Waals surface area (Å²) in [5.41, 5.74) is 2.05. The van der Waals surface area contributed by atoms with Gasteiger partial charge in [0.15, 0.2) is 11.0 Å². The number of para-hydroxylation sites is 1. The Balaban J connectivity index is 1.25. The third-order valence-corrected chi connectivity index (χ3v) is 7.27. The third kappa shape index (κ3) is 4.42. The number of morpholine rings is 1. The number of nitrogens with zero attached hydrogens (tertiary/aromatic N) is 4. The average Bonchev–Trinajstić information content (AvgIpc) is 3.42. The summed E-state index contributed by atoms with van der Waals surface area (Å²) < 4.78 is 7.66. The van der Waals surface area contributed by atoms with E-state index in [2.05, 4.69) is 55.9 Å². The molecule has 0 radical (unpaired) electrons. The molecule has 1 aromatic carbocycles. The molecule has 2 N–H and O–H groups in total. The summed E-state index contributed by atoms with van der Waals surface area (Å²) in [7, 11) is 0. The fraction of sp³-hybridized carbons (Fsp3) is 0.522. The predicted molar refractivity (Wildman–Crippen MR) is 126 cm³/mol. The number of amides is 1. The number of ether oxygens (including phenoxy) is 1. The number of H-pyrrole nitrogens is 1. The van der Waals surface area contributed by atoms with Gasteiger partial charge in [0.25, 0.3) is 0 Å². The number of hydrogen-bond donors (Lipinski definition) is 2. The van der Waals surface area contributed by atoms with Crippen molar-refractivity contribution in [2.75, 3.05) is 38.6 Å². The molecule has 1 aliphatic heterocycles. The maximum absolute atomic E-state index is 12.6. The number of hydrogen-bond acceptors (Lipinski definition) is 6. The Morgan fingerprint density at radius 1 is 1.25 bits per heavy atom. The quantitative estimate of drug-likeness (QED) is 0.509. The van der Waals surface area contributed by atoms with Crippen LogP contribution in [0.3, 0.4) is 0 Å². The first-order valence-electron chi connectivity index (χ1n) is 11.3. The molecule has 1 aliphatic carbocycles. The number of fused-ring (bicyclic) bond motifs is 1. The van der Waals surface area contributed by atoms with E-state index in [0.29, 0.717) is 18.3 Å². The Morgan fingerprint density at radius 3 is 2.81 bits per heavy atom. The zero-order valence-electron chi connectivity index (χ0n) is 18.6. The molecule has 2 fully saturated rings. The lowest BCUT2D eigenvalue weighted by atomic mass is 10.0. The number of benzene rings is 1. The van der Waals surface area contributed by atoms with Crippen LogP contribution in [0.2, 0.25) is 0 Å². The first kappa shape index (κ1) is 21.5. The van der Waals surface area contributed by atoms with Crippen LogP contribution in [0.4, 0.5) is 0 Å². The van der Waals surface area contributed by atoms with Gasteiger partial charge >= 0.3 is 0 Å². The van der Waals surface area contributed by atoms with Crippen LogP contribution in [0.15, 0.2) is 35.6 Å².